The van der Waals surface area contributed by atoms with E-state index in [1.165, 1.54) is 6.20 Å². The Morgan fingerprint density at radius 3 is 2.95 bits per heavy atom. The van der Waals surface area contributed by atoms with Crippen molar-refractivity contribution in [1.82, 2.24) is 13.6 Å². The largest absolute Gasteiger partial charge is 0.486 e. The third kappa shape index (κ3) is 2.31. The molecular weight excluding hydrogens is 302 g/mol. The van der Waals surface area contributed by atoms with Crippen LogP contribution in [0.4, 0.5) is 0 Å². The molecule has 2 aliphatic heterocycles. The van der Waals surface area contributed by atoms with E-state index >= 15 is 0 Å². The minimum absolute atomic E-state index is 0.0499. The second-order valence-electron chi connectivity index (χ2n) is 5.35. The fraction of sp³-hybridized carbons (Fsp3) is 0.400. The Morgan fingerprint density at radius 1 is 1.27 bits per heavy atom. The van der Waals surface area contributed by atoms with E-state index in [9.17, 15) is 4.79 Å². The minimum Gasteiger partial charge on any atom is -0.486 e. The van der Waals surface area contributed by atoms with Gasteiger partial charge in [-0.15, -0.1) is 0 Å². The van der Waals surface area contributed by atoms with E-state index in [0.717, 1.165) is 48.2 Å². The van der Waals surface area contributed by atoms with Crippen LogP contribution in [-0.4, -0.2) is 39.3 Å². The molecule has 0 bridgehead atoms. The van der Waals surface area contributed by atoms with Crippen LogP contribution in [-0.2, 0) is 0 Å². The number of likely N-dealkylation sites (tertiary alicyclic amines) is 1. The Bertz CT molecular complexity index is 689. The van der Waals surface area contributed by atoms with E-state index in [1.807, 2.05) is 23.1 Å². The molecule has 0 unspecified atom stereocenters. The van der Waals surface area contributed by atoms with E-state index in [4.69, 9.17) is 9.47 Å². The molecule has 22 heavy (non-hydrogen) atoms. The first-order valence-electron chi connectivity index (χ1n) is 7.31. The molecule has 4 rings (SSSR count). The molecule has 3 heterocycles. The molecule has 0 saturated carbocycles. The molecule has 0 radical (unpaired) electrons. The molecule has 114 valence electrons. The summed E-state index contributed by atoms with van der Waals surface area (Å²) in [6.45, 7) is 1.89. The van der Waals surface area contributed by atoms with Crippen LogP contribution in [0, 0.1) is 0 Å². The Labute approximate surface area is 132 Å². The number of aromatic nitrogens is 2. The maximum Gasteiger partial charge on any atom is 0.275 e. The molecule has 0 spiro atoms. The van der Waals surface area contributed by atoms with E-state index in [1.54, 1.807) is 0 Å². The number of nitrogens with zero attached hydrogens (tertiary/aromatic N) is 3. The van der Waals surface area contributed by atoms with Crippen molar-refractivity contribution >= 4 is 17.6 Å². The Hall–Kier alpha value is -2.15. The number of benzene rings is 1. The SMILES string of the molecule is O=C(c1cnsn1)N1CCC[C@H]1c1ccc2c(c1)OCCO2. The molecule has 0 N–H and O–H groups in total. The van der Waals surface area contributed by atoms with Gasteiger partial charge in [-0.25, -0.2) is 0 Å². The fourth-order valence-corrected chi connectivity index (χ4v) is 3.44. The average Bonchev–Trinajstić information content (AvgIpc) is 3.25. The summed E-state index contributed by atoms with van der Waals surface area (Å²) in [5, 5.41) is 0. The lowest BCUT2D eigenvalue weighted by atomic mass is 10.0. The molecule has 1 saturated heterocycles. The number of rotatable bonds is 2. The van der Waals surface area contributed by atoms with Crippen molar-refractivity contribution in [3.63, 3.8) is 0 Å². The van der Waals surface area contributed by atoms with Crippen molar-refractivity contribution in [2.75, 3.05) is 19.8 Å². The van der Waals surface area contributed by atoms with Crippen molar-refractivity contribution in [3.8, 4) is 11.5 Å². The maximum absolute atomic E-state index is 12.6. The normalized spacial score (nSPS) is 20.2. The third-order valence-corrected chi connectivity index (χ3v) is 4.52. The van der Waals surface area contributed by atoms with Crippen LogP contribution in [0.3, 0.4) is 0 Å². The molecule has 6 nitrogen and oxygen atoms in total. The summed E-state index contributed by atoms with van der Waals surface area (Å²) >= 11 is 1.06. The topological polar surface area (TPSA) is 64.6 Å². The van der Waals surface area contributed by atoms with E-state index < -0.39 is 0 Å². The molecule has 1 aromatic carbocycles. The summed E-state index contributed by atoms with van der Waals surface area (Å²) in [6.07, 6.45) is 3.47. The average molecular weight is 317 g/mol. The fourth-order valence-electron chi connectivity index (χ4n) is 3.03. The number of carbonyl (C=O) groups is 1. The van der Waals surface area contributed by atoms with Gasteiger partial charge < -0.3 is 14.4 Å². The standard InChI is InChI=1S/C15H15N3O3S/c19-15(11-9-16-22-17-11)18-5-1-2-12(18)10-3-4-13-14(8-10)21-7-6-20-13/h3-4,8-9,12H,1-2,5-7H2/t12-/m0/s1. The summed E-state index contributed by atoms with van der Waals surface area (Å²) in [5.41, 5.74) is 1.51. The quantitative estimate of drug-likeness (QED) is 0.850. The third-order valence-electron chi connectivity index (χ3n) is 4.05. The number of fused-ring (bicyclic) bond motifs is 1. The number of hydrogen-bond donors (Lipinski definition) is 0. The zero-order chi connectivity index (χ0) is 14.9. The molecule has 1 fully saturated rings. The second-order valence-corrected chi connectivity index (χ2v) is 5.91. The molecule has 7 heteroatoms. The summed E-state index contributed by atoms with van der Waals surface area (Å²) in [6, 6.07) is 5.99. The van der Waals surface area contributed by atoms with Crippen molar-refractivity contribution in [3.05, 3.63) is 35.7 Å². The highest BCUT2D eigenvalue weighted by Gasteiger charge is 2.32. The van der Waals surface area contributed by atoms with E-state index in [2.05, 4.69) is 8.75 Å². The van der Waals surface area contributed by atoms with Crippen molar-refractivity contribution in [2.45, 2.75) is 18.9 Å². The number of amides is 1. The van der Waals surface area contributed by atoms with Gasteiger partial charge in [0.25, 0.3) is 5.91 Å². The zero-order valence-corrected chi connectivity index (χ0v) is 12.7. The first kappa shape index (κ1) is 13.5. The molecule has 1 aromatic heterocycles. The first-order chi connectivity index (χ1) is 10.8. The predicted octanol–water partition coefficient (Wildman–Crippen LogP) is 2.29. The summed E-state index contributed by atoms with van der Waals surface area (Å²) in [7, 11) is 0. The van der Waals surface area contributed by atoms with E-state index in [0.29, 0.717) is 18.9 Å². The van der Waals surface area contributed by atoms with Gasteiger partial charge in [-0.3, -0.25) is 4.79 Å². The molecule has 2 aliphatic rings. The lowest BCUT2D eigenvalue weighted by Crippen LogP contribution is -2.30. The Kier molecular flexibility index (Phi) is 3.42. The van der Waals surface area contributed by atoms with E-state index in [-0.39, 0.29) is 11.9 Å². The molecule has 1 amide bonds. The zero-order valence-electron chi connectivity index (χ0n) is 11.9. The van der Waals surface area contributed by atoms with Crippen LogP contribution >= 0.6 is 11.7 Å². The number of carbonyl (C=O) groups excluding carboxylic acids is 1. The van der Waals surface area contributed by atoms with Gasteiger partial charge in [0.15, 0.2) is 17.2 Å². The van der Waals surface area contributed by atoms with Crippen LogP contribution < -0.4 is 9.47 Å². The minimum atomic E-state index is -0.0499. The lowest BCUT2D eigenvalue weighted by molar-refractivity contribution is 0.0730. The Balaban J connectivity index is 1.62. The van der Waals surface area contributed by atoms with Gasteiger partial charge in [-0.2, -0.15) is 8.75 Å². The van der Waals surface area contributed by atoms with Gasteiger partial charge >= 0.3 is 0 Å². The summed E-state index contributed by atoms with van der Waals surface area (Å²) < 4.78 is 19.2. The van der Waals surface area contributed by atoms with Crippen LogP contribution in [0.15, 0.2) is 24.4 Å². The maximum atomic E-state index is 12.6. The monoisotopic (exact) mass is 317 g/mol. The second kappa shape index (κ2) is 5.57. The van der Waals surface area contributed by atoms with Gasteiger partial charge in [0.1, 0.15) is 13.2 Å². The molecule has 1 atom stereocenters. The highest BCUT2D eigenvalue weighted by Crippen LogP contribution is 2.38. The number of ether oxygens (including phenoxy) is 2. The highest BCUT2D eigenvalue weighted by molar-refractivity contribution is 6.99. The Morgan fingerprint density at radius 2 is 2.14 bits per heavy atom. The summed E-state index contributed by atoms with van der Waals surface area (Å²) in [5.74, 6) is 1.49. The van der Waals surface area contributed by atoms with Crippen molar-refractivity contribution in [2.24, 2.45) is 0 Å². The van der Waals surface area contributed by atoms with Crippen LogP contribution in [0.2, 0.25) is 0 Å². The van der Waals surface area contributed by atoms with Gasteiger partial charge in [-0.1, -0.05) is 6.07 Å². The van der Waals surface area contributed by atoms with Crippen molar-refractivity contribution < 1.29 is 14.3 Å². The van der Waals surface area contributed by atoms with Gasteiger partial charge in [-0.05, 0) is 30.5 Å². The molecule has 2 aromatic rings. The lowest BCUT2D eigenvalue weighted by Gasteiger charge is -2.26. The summed E-state index contributed by atoms with van der Waals surface area (Å²) in [4.78, 5) is 14.4. The molecule has 0 aliphatic carbocycles. The van der Waals surface area contributed by atoms with Gasteiger partial charge in [0.2, 0.25) is 0 Å². The smallest absolute Gasteiger partial charge is 0.275 e. The van der Waals surface area contributed by atoms with Crippen LogP contribution in [0.5, 0.6) is 11.5 Å². The molecular formula is C15H15N3O3S. The van der Waals surface area contributed by atoms with Gasteiger partial charge in [0, 0.05) is 6.54 Å². The van der Waals surface area contributed by atoms with Crippen LogP contribution in [0.25, 0.3) is 0 Å². The van der Waals surface area contributed by atoms with Crippen LogP contribution in [0.1, 0.15) is 34.9 Å². The first-order valence-corrected chi connectivity index (χ1v) is 8.04. The predicted molar refractivity (Wildman–Crippen MR) is 80.4 cm³/mol. The van der Waals surface area contributed by atoms with Crippen molar-refractivity contribution in [1.29, 1.82) is 0 Å². The van der Waals surface area contributed by atoms with Gasteiger partial charge in [0.05, 0.1) is 24.0 Å². The highest BCUT2D eigenvalue weighted by atomic mass is 32.1. The number of hydrogen-bond acceptors (Lipinski definition) is 6.